The van der Waals surface area contributed by atoms with Crippen molar-refractivity contribution < 1.29 is 93.9 Å². The quantitative estimate of drug-likeness (QED) is 0.0655. The van der Waals surface area contributed by atoms with Gasteiger partial charge in [0.2, 0.25) is 0 Å². The van der Waals surface area contributed by atoms with Crippen LogP contribution in [0.2, 0.25) is 0 Å². The number of aromatic nitrogens is 3. The molecule has 0 bridgehead atoms. The third-order valence-corrected chi connectivity index (χ3v) is 11.4. The first-order valence-corrected chi connectivity index (χ1v) is 26.2. The largest absolute Gasteiger partial charge is 0.304 e. The van der Waals surface area contributed by atoms with Crippen LogP contribution in [0.4, 0.5) is 0 Å². The Hall–Kier alpha value is -7.07. The number of pyridine rings is 3. The van der Waals surface area contributed by atoms with E-state index in [0.717, 1.165) is 44.9 Å². The second kappa shape index (κ2) is 37.9. The molecule has 83 heavy (non-hydrogen) atoms. The minimum absolute atomic E-state index is 0. The van der Waals surface area contributed by atoms with Crippen molar-refractivity contribution in [2.75, 3.05) is 0 Å². The van der Waals surface area contributed by atoms with Gasteiger partial charge in [-0.3, -0.25) is 33.6 Å². The molecular weight excluding hydrogens is 1570 g/mol. The van der Waals surface area contributed by atoms with Crippen LogP contribution in [0.3, 0.4) is 0 Å². The molecule has 0 amide bonds. The summed E-state index contributed by atoms with van der Waals surface area (Å²) < 4.78 is 0. The average Bonchev–Trinajstić information content (AvgIpc) is 3.61. The Morgan fingerprint density at radius 2 is 0.855 bits per heavy atom. The van der Waals surface area contributed by atoms with E-state index in [1.54, 1.807) is 24.4 Å². The topological polar surface area (TPSA) is 158 Å². The number of benzene rings is 6. The van der Waals surface area contributed by atoms with Gasteiger partial charge in [-0.05, 0) is 91.7 Å². The molecule has 3 heterocycles. The Morgan fingerprint density at radius 1 is 0.410 bits per heavy atom. The van der Waals surface area contributed by atoms with Crippen molar-refractivity contribution in [3.05, 3.63) is 221 Å². The van der Waals surface area contributed by atoms with Crippen molar-refractivity contribution in [2.45, 2.75) is 108 Å². The summed E-state index contributed by atoms with van der Waals surface area (Å²) in [6.45, 7) is 21.3. The molecule has 0 fully saturated rings. The number of hydrogen-bond donors (Lipinski definition) is 0. The van der Waals surface area contributed by atoms with E-state index < -0.39 is 0 Å². The van der Waals surface area contributed by atoms with Crippen LogP contribution in [-0.4, -0.2) is 55.4 Å². The molecule has 0 aliphatic carbocycles. The molecule has 0 saturated carbocycles. The van der Waals surface area contributed by atoms with Gasteiger partial charge >= 0.3 is 0 Å². The summed E-state index contributed by atoms with van der Waals surface area (Å²) in [6, 6.07) is 58.0. The van der Waals surface area contributed by atoms with Gasteiger partial charge in [0, 0.05) is 90.0 Å². The van der Waals surface area contributed by atoms with E-state index in [1.165, 1.54) is 79.8 Å². The molecule has 9 rings (SSSR count). The van der Waals surface area contributed by atoms with Crippen molar-refractivity contribution in [1.82, 2.24) is 15.0 Å². The standard InChI is InChI=1S/C20H20N.C18H12NO.C17H14N.3C5H8O2.3Ir/c1-13(2)18-7-5-6-16-12-21-20(11-19(16)18)17-9-14(3)8-15(4)10-17;20-18(15-9-5-2-6-10-15)16-11-12-17(19-13-16)14-7-3-1-4-8-14;1-12-7-13(2)9-16(8-12)17-10-14-5-3-4-6-15(14)11-18-17;3*1-4(6)3-5(2)7;;;/h5-9,11-13H,1-4H3;1-7,9-13H;3-8,10-11H,1-2H3;3*3H2,1-2H3;;;/q3*-1;;;;;;. The first-order chi connectivity index (χ1) is 38.0. The first-order valence-electron chi connectivity index (χ1n) is 26.2. The first kappa shape index (κ1) is 73.9. The molecule has 6 aromatic carbocycles. The van der Waals surface area contributed by atoms with Crippen LogP contribution in [0.5, 0.6) is 0 Å². The average molecular weight is 1640 g/mol. The van der Waals surface area contributed by atoms with Crippen molar-refractivity contribution in [3.8, 4) is 33.8 Å². The second-order valence-corrected chi connectivity index (χ2v) is 19.9. The summed E-state index contributed by atoms with van der Waals surface area (Å²) >= 11 is 0. The molecule has 0 unspecified atom stereocenters. The smallest absolute Gasteiger partial charge is 0.194 e. The third-order valence-electron chi connectivity index (χ3n) is 11.4. The van der Waals surface area contributed by atoms with Gasteiger partial charge in [-0.1, -0.05) is 139 Å². The normalized spacial score (nSPS) is 9.75. The van der Waals surface area contributed by atoms with Gasteiger partial charge in [0.1, 0.15) is 34.7 Å². The van der Waals surface area contributed by atoms with Crippen molar-refractivity contribution in [1.29, 1.82) is 0 Å². The maximum atomic E-state index is 12.2. The van der Waals surface area contributed by atoms with Gasteiger partial charge in [-0.2, -0.15) is 0 Å². The summed E-state index contributed by atoms with van der Waals surface area (Å²) in [5.74, 6) is 0.119. The molecule has 9 aromatic rings. The molecule has 0 aliphatic heterocycles. The summed E-state index contributed by atoms with van der Waals surface area (Å²) in [7, 11) is 0. The Bertz CT molecular complexity index is 3450. The van der Waals surface area contributed by atoms with Crippen LogP contribution >= 0.6 is 0 Å². The predicted octanol–water partition coefficient (Wildman–Crippen LogP) is 15.2. The summed E-state index contributed by atoms with van der Waals surface area (Å²) in [5, 5.41) is 4.89. The van der Waals surface area contributed by atoms with Gasteiger partial charge in [-0.15, -0.1) is 106 Å². The maximum Gasteiger partial charge on any atom is 0.194 e. The van der Waals surface area contributed by atoms with Gasteiger partial charge in [0.15, 0.2) is 5.78 Å². The van der Waals surface area contributed by atoms with Crippen LogP contribution < -0.4 is 0 Å². The van der Waals surface area contributed by atoms with E-state index in [1.807, 2.05) is 67.0 Å². The molecule has 437 valence electrons. The van der Waals surface area contributed by atoms with E-state index in [2.05, 4.69) is 147 Å². The maximum absolute atomic E-state index is 12.2. The van der Waals surface area contributed by atoms with Gasteiger partial charge in [0.25, 0.3) is 0 Å². The molecule has 0 atom stereocenters. The number of fused-ring (bicyclic) bond motifs is 2. The van der Waals surface area contributed by atoms with Gasteiger partial charge in [-0.25, -0.2) is 0 Å². The zero-order valence-electron chi connectivity index (χ0n) is 49.0. The van der Waals surface area contributed by atoms with Crippen LogP contribution in [0, 0.1) is 45.9 Å². The van der Waals surface area contributed by atoms with E-state index in [4.69, 9.17) is 0 Å². The third kappa shape index (κ3) is 26.8. The summed E-state index contributed by atoms with van der Waals surface area (Å²) in [6.07, 6.45) is 5.77. The van der Waals surface area contributed by atoms with Gasteiger partial charge < -0.3 is 15.0 Å². The van der Waals surface area contributed by atoms with E-state index in [0.29, 0.717) is 17.0 Å². The molecule has 13 heteroatoms. The van der Waals surface area contributed by atoms with Gasteiger partial charge in [0.05, 0.1) is 19.3 Å². The monoisotopic (exact) mass is 1640 g/mol. The summed E-state index contributed by atoms with van der Waals surface area (Å²) in [4.78, 5) is 85.9. The number of nitrogens with zero attached hydrogens (tertiary/aromatic N) is 3. The number of aryl methyl sites for hydroxylation is 4. The second-order valence-electron chi connectivity index (χ2n) is 19.9. The minimum Gasteiger partial charge on any atom is -0.304 e. The van der Waals surface area contributed by atoms with E-state index in [9.17, 15) is 33.6 Å². The number of hydrogen-bond acceptors (Lipinski definition) is 10. The van der Waals surface area contributed by atoms with Crippen LogP contribution in [0.15, 0.2) is 164 Å². The molecule has 3 radical (unpaired) electrons. The van der Waals surface area contributed by atoms with Crippen molar-refractivity contribution in [2.24, 2.45) is 0 Å². The fourth-order valence-electron chi connectivity index (χ4n) is 8.19. The Labute approximate surface area is 530 Å². The molecule has 0 saturated heterocycles. The van der Waals surface area contributed by atoms with Crippen LogP contribution in [-0.2, 0) is 89.1 Å². The number of carbonyl (C=O) groups is 7. The fraction of sp³-hybridized carbons (Fsp3) is 0.229. The Morgan fingerprint density at radius 3 is 1.29 bits per heavy atom. The molecule has 0 N–H and O–H groups in total. The number of carbonyl (C=O) groups excluding carboxylic acids is 7. The SMILES string of the molecule is CC(=O)CC(C)=O.CC(=O)CC(C)=O.CC(=O)CC(C)=O.Cc1[c-]c(-c2cc3c(C(C)C)cccc3cn2)cc(C)c1.Cc1[c-]c(-c2cc3ccccc3cn2)cc(C)c1.O=C(c1ccccc1)c1ccc(-c2[c-]cccc2)nc1.[Ir].[Ir].[Ir]. The van der Waals surface area contributed by atoms with Crippen molar-refractivity contribution in [3.63, 3.8) is 0 Å². The number of rotatable bonds is 12. The molecule has 10 nitrogen and oxygen atoms in total. The number of Topliss-reactive ketones (excluding diaryl/α,β-unsaturated/α-hetero) is 6. The summed E-state index contributed by atoms with van der Waals surface area (Å²) in [5.41, 5.74) is 13.3. The predicted molar refractivity (Wildman–Crippen MR) is 321 cm³/mol. The Balaban J connectivity index is 0.000000525. The van der Waals surface area contributed by atoms with E-state index in [-0.39, 0.29) is 120 Å². The molecule has 3 aromatic heterocycles. The molecule has 0 aliphatic rings. The number of ketones is 7. The van der Waals surface area contributed by atoms with Crippen molar-refractivity contribution >= 4 is 62.0 Å². The zero-order chi connectivity index (χ0) is 58.9. The fourth-order valence-corrected chi connectivity index (χ4v) is 8.19. The minimum atomic E-state index is -0.0625. The Kier molecular flexibility index (Phi) is 33.8. The molecular formula is C70H70Ir3N3O7-3. The van der Waals surface area contributed by atoms with Crippen LogP contribution in [0.1, 0.15) is 124 Å². The zero-order valence-corrected chi connectivity index (χ0v) is 56.2. The molecule has 0 spiro atoms. The van der Waals surface area contributed by atoms with E-state index >= 15 is 0 Å². The van der Waals surface area contributed by atoms with Crippen LogP contribution in [0.25, 0.3) is 55.3 Å².